The summed E-state index contributed by atoms with van der Waals surface area (Å²) in [7, 11) is 0. The fourth-order valence-corrected chi connectivity index (χ4v) is 1.97. The third kappa shape index (κ3) is 5.08. The predicted octanol–water partition coefficient (Wildman–Crippen LogP) is 3.96. The Kier molecular flexibility index (Phi) is 5.48. The molecular formula is C15H10ClF3N2O4. The third-order valence-corrected chi connectivity index (χ3v) is 3.12. The molecule has 2 rings (SSSR count). The number of amides is 1. The molecule has 1 aromatic carbocycles. The van der Waals surface area contributed by atoms with Crippen molar-refractivity contribution in [2.75, 3.05) is 5.32 Å². The van der Waals surface area contributed by atoms with E-state index in [0.717, 1.165) is 12.1 Å². The van der Waals surface area contributed by atoms with E-state index in [0.29, 0.717) is 6.20 Å². The molecule has 0 atom stereocenters. The van der Waals surface area contributed by atoms with Gasteiger partial charge in [0.15, 0.2) is 5.75 Å². The summed E-state index contributed by atoms with van der Waals surface area (Å²) in [4.78, 5) is 25.6. The number of carbonyl (C=O) groups is 2. The fourth-order valence-electron chi connectivity index (χ4n) is 1.76. The quantitative estimate of drug-likeness (QED) is 0.773. The molecule has 0 spiro atoms. The highest BCUT2D eigenvalue weighted by atomic mass is 35.5. The lowest BCUT2D eigenvalue weighted by molar-refractivity contribution is -0.140. The highest BCUT2D eigenvalue weighted by molar-refractivity contribution is 6.32. The molecular weight excluding hydrogens is 365 g/mol. The number of carbonyl (C=O) groups excluding carboxylic acids is 1. The number of aromatic nitrogens is 1. The molecule has 2 aromatic rings. The van der Waals surface area contributed by atoms with Gasteiger partial charge >= 0.3 is 12.1 Å². The number of hydrogen-bond acceptors (Lipinski definition) is 4. The number of aliphatic carboxylic acids is 1. The van der Waals surface area contributed by atoms with Gasteiger partial charge in [-0.25, -0.2) is 4.98 Å². The standard InChI is InChI=1S/C15H10ClF3N2O4/c16-9-2-1-3-10(21-11(22)6-13(23)24)14(9)25-12-5-4-8(7-20-12)15(17,18)19/h1-5,7H,6H2,(H,21,22)(H,23,24). The number of anilines is 1. The first kappa shape index (κ1) is 18.5. The van der Waals surface area contributed by atoms with Crippen molar-refractivity contribution >= 4 is 29.2 Å². The second-order valence-electron chi connectivity index (χ2n) is 4.72. The summed E-state index contributed by atoms with van der Waals surface area (Å²) >= 11 is 5.97. The maximum atomic E-state index is 12.5. The monoisotopic (exact) mass is 374 g/mol. The van der Waals surface area contributed by atoms with Gasteiger partial charge in [0.05, 0.1) is 16.3 Å². The van der Waals surface area contributed by atoms with Gasteiger partial charge in [-0.05, 0) is 18.2 Å². The number of benzene rings is 1. The molecule has 0 saturated carbocycles. The molecule has 25 heavy (non-hydrogen) atoms. The van der Waals surface area contributed by atoms with Crippen LogP contribution in [0.3, 0.4) is 0 Å². The molecule has 6 nitrogen and oxygen atoms in total. The van der Waals surface area contributed by atoms with Gasteiger partial charge in [0.1, 0.15) is 6.42 Å². The Morgan fingerprint density at radius 1 is 1.24 bits per heavy atom. The smallest absolute Gasteiger partial charge is 0.417 e. The topological polar surface area (TPSA) is 88.5 Å². The van der Waals surface area contributed by atoms with E-state index in [1.807, 2.05) is 0 Å². The molecule has 0 bridgehead atoms. The van der Waals surface area contributed by atoms with Crippen LogP contribution in [0, 0.1) is 0 Å². The zero-order valence-electron chi connectivity index (χ0n) is 12.3. The van der Waals surface area contributed by atoms with Gasteiger partial charge in [0.2, 0.25) is 11.8 Å². The summed E-state index contributed by atoms with van der Waals surface area (Å²) in [5.74, 6) is -2.41. The maximum absolute atomic E-state index is 12.5. The lowest BCUT2D eigenvalue weighted by atomic mass is 10.2. The van der Waals surface area contributed by atoms with Crippen molar-refractivity contribution in [3.63, 3.8) is 0 Å². The van der Waals surface area contributed by atoms with Gasteiger partial charge in [-0.3, -0.25) is 9.59 Å². The Morgan fingerprint density at radius 3 is 2.52 bits per heavy atom. The predicted molar refractivity (Wildman–Crippen MR) is 81.6 cm³/mol. The number of alkyl halides is 3. The first-order chi connectivity index (χ1) is 11.7. The van der Waals surface area contributed by atoms with Crippen LogP contribution in [0.2, 0.25) is 5.02 Å². The molecule has 0 aliphatic heterocycles. The number of carboxylic acids is 1. The van der Waals surface area contributed by atoms with Crippen LogP contribution in [0.1, 0.15) is 12.0 Å². The number of halogens is 4. The summed E-state index contributed by atoms with van der Waals surface area (Å²) in [6, 6.07) is 6.07. The first-order valence-electron chi connectivity index (χ1n) is 6.68. The van der Waals surface area contributed by atoms with Crippen molar-refractivity contribution < 1.29 is 32.6 Å². The van der Waals surface area contributed by atoms with Gasteiger partial charge in [-0.1, -0.05) is 17.7 Å². The minimum atomic E-state index is -4.54. The molecule has 132 valence electrons. The van der Waals surface area contributed by atoms with Gasteiger partial charge in [0.25, 0.3) is 0 Å². The fraction of sp³-hybridized carbons (Fsp3) is 0.133. The molecule has 0 saturated heterocycles. The summed E-state index contributed by atoms with van der Waals surface area (Å²) in [5, 5.41) is 10.9. The lowest BCUT2D eigenvalue weighted by Gasteiger charge is -2.13. The number of ether oxygens (including phenoxy) is 1. The van der Waals surface area contributed by atoms with E-state index in [-0.39, 0.29) is 22.3 Å². The number of pyridine rings is 1. The average Bonchev–Trinajstić information content (AvgIpc) is 2.49. The molecule has 1 amide bonds. The summed E-state index contributed by atoms with van der Waals surface area (Å²) in [5.41, 5.74) is -0.894. The van der Waals surface area contributed by atoms with Crippen LogP contribution in [0.4, 0.5) is 18.9 Å². The van der Waals surface area contributed by atoms with Crippen molar-refractivity contribution in [2.24, 2.45) is 0 Å². The minimum absolute atomic E-state index is 0.0508. The van der Waals surface area contributed by atoms with Crippen LogP contribution < -0.4 is 10.1 Å². The average molecular weight is 375 g/mol. The van der Waals surface area contributed by atoms with Crippen molar-refractivity contribution in [3.8, 4) is 11.6 Å². The molecule has 0 fully saturated rings. The summed E-state index contributed by atoms with van der Waals surface area (Å²) < 4.78 is 42.9. The molecule has 1 aromatic heterocycles. The van der Waals surface area contributed by atoms with Gasteiger partial charge in [0, 0.05) is 12.3 Å². The number of para-hydroxylation sites is 1. The maximum Gasteiger partial charge on any atom is 0.417 e. The van der Waals surface area contributed by atoms with Crippen molar-refractivity contribution in [2.45, 2.75) is 12.6 Å². The van der Waals surface area contributed by atoms with Gasteiger partial charge < -0.3 is 15.2 Å². The molecule has 0 radical (unpaired) electrons. The Bertz CT molecular complexity index is 794. The largest absolute Gasteiger partial charge is 0.481 e. The normalized spacial score (nSPS) is 11.0. The van der Waals surface area contributed by atoms with Crippen molar-refractivity contribution in [3.05, 3.63) is 47.1 Å². The number of hydrogen-bond donors (Lipinski definition) is 2. The number of carboxylic acid groups (broad SMARTS) is 1. The van der Waals surface area contributed by atoms with E-state index in [1.165, 1.54) is 18.2 Å². The Labute approximate surface area is 144 Å². The van der Waals surface area contributed by atoms with Crippen LogP contribution in [0.5, 0.6) is 11.6 Å². The first-order valence-corrected chi connectivity index (χ1v) is 7.06. The van der Waals surface area contributed by atoms with Crippen LogP contribution in [-0.2, 0) is 15.8 Å². The lowest BCUT2D eigenvalue weighted by Crippen LogP contribution is -2.16. The van der Waals surface area contributed by atoms with E-state index in [1.54, 1.807) is 0 Å². The number of nitrogens with one attached hydrogen (secondary N) is 1. The Hall–Kier alpha value is -2.81. The van der Waals surface area contributed by atoms with Gasteiger partial charge in [-0.15, -0.1) is 0 Å². The zero-order valence-corrected chi connectivity index (χ0v) is 13.1. The van der Waals surface area contributed by atoms with Gasteiger partial charge in [-0.2, -0.15) is 13.2 Å². The molecule has 0 unspecified atom stereocenters. The third-order valence-electron chi connectivity index (χ3n) is 2.82. The Morgan fingerprint density at radius 2 is 1.96 bits per heavy atom. The SMILES string of the molecule is O=C(O)CC(=O)Nc1cccc(Cl)c1Oc1ccc(C(F)(F)F)cn1. The highest BCUT2D eigenvalue weighted by Crippen LogP contribution is 2.37. The molecule has 2 N–H and O–H groups in total. The molecule has 10 heteroatoms. The molecule has 1 heterocycles. The van der Waals surface area contributed by atoms with E-state index < -0.39 is 30.0 Å². The van der Waals surface area contributed by atoms with E-state index in [9.17, 15) is 22.8 Å². The second kappa shape index (κ2) is 7.39. The van der Waals surface area contributed by atoms with Crippen LogP contribution in [0.15, 0.2) is 36.5 Å². The van der Waals surface area contributed by atoms with Crippen LogP contribution in [0.25, 0.3) is 0 Å². The molecule has 0 aliphatic carbocycles. The molecule has 0 aliphatic rings. The number of rotatable bonds is 5. The second-order valence-corrected chi connectivity index (χ2v) is 5.13. The minimum Gasteiger partial charge on any atom is -0.481 e. The van der Waals surface area contributed by atoms with E-state index >= 15 is 0 Å². The van der Waals surface area contributed by atoms with Crippen molar-refractivity contribution in [1.82, 2.24) is 4.98 Å². The number of nitrogens with zero attached hydrogens (tertiary/aromatic N) is 1. The van der Waals surface area contributed by atoms with E-state index in [4.69, 9.17) is 21.4 Å². The van der Waals surface area contributed by atoms with Crippen LogP contribution in [-0.4, -0.2) is 22.0 Å². The summed E-state index contributed by atoms with van der Waals surface area (Å²) in [6.07, 6.45) is -4.72. The van der Waals surface area contributed by atoms with Crippen molar-refractivity contribution in [1.29, 1.82) is 0 Å². The van der Waals surface area contributed by atoms with E-state index in [2.05, 4.69) is 10.3 Å². The summed E-state index contributed by atoms with van der Waals surface area (Å²) in [6.45, 7) is 0. The highest BCUT2D eigenvalue weighted by Gasteiger charge is 2.30. The zero-order chi connectivity index (χ0) is 18.6. The van der Waals surface area contributed by atoms with Crippen LogP contribution >= 0.6 is 11.6 Å². The Balaban J connectivity index is 2.24.